The van der Waals surface area contributed by atoms with Crippen LogP contribution in [0.25, 0.3) is 0 Å². The average molecular weight is 497 g/mol. The van der Waals surface area contributed by atoms with Crippen LogP contribution >= 0.6 is 0 Å². The van der Waals surface area contributed by atoms with E-state index in [1.165, 1.54) is 24.8 Å². The highest BCUT2D eigenvalue weighted by Gasteiger charge is 2.67. The molecule has 4 fully saturated rings. The van der Waals surface area contributed by atoms with Crippen LogP contribution in [0.4, 0.5) is 0 Å². The predicted molar refractivity (Wildman–Crippen MR) is 145 cm³/mol. The Morgan fingerprint density at radius 3 is 2.33 bits per heavy atom. The number of ketones is 1. The number of carbonyl (C=O) groups excluding carboxylic acids is 2. The molecule has 0 aromatic rings. The second-order valence-corrected chi connectivity index (χ2v) is 15.3. The van der Waals surface area contributed by atoms with Crippen LogP contribution < -0.4 is 0 Å². The van der Waals surface area contributed by atoms with E-state index in [0.717, 1.165) is 32.1 Å². The normalized spacial score (nSPS) is 51.1. The SMILES string of the molecule is CCC1C[C@H](C(C)(C)[C@H]2CC[C@@]3(C)C4=CC(=O)[C@@H]5C[C@@H](C)[C@@H](C)C[C@]5(C)C4CC[C@]23C)OC(=O)C1C. The highest BCUT2D eigenvalue weighted by atomic mass is 16.5. The first-order valence-electron chi connectivity index (χ1n) is 15.2. The van der Waals surface area contributed by atoms with Gasteiger partial charge in [0.2, 0.25) is 0 Å². The van der Waals surface area contributed by atoms with E-state index in [-0.39, 0.29) is 45.6 Å². The van der Waals surface area contributed by atoms with E-state index in [2.05, 4.69) is 61.5 Å². The molecule has 3 saturated carbocycles. The van der Waals surface area contributed by atoms with Crippen molar-refractivity contribution < 1.29 is 14.3 Å². The minimum Gasteiger partial charge on any atom is -0.462 e. The summed E-state index contributed by atoms with van der Waals surface area (Å²) in [6.45, 7) is 21.3. The fourth-order valence-electron chi connectivity index (χ4n) is 10.6. The first-order valence-corrected chi connectivity index (χ1v) is 15.2. The smallest absolute Gasteiger partial charge is 0.309 e. The molecule has 0 spiro atoms. The highest BCUT2D eigenvalue weighted by Crippen LogP contribution is 2.73. The minimum atomic E-state index is -0.0803. The first kappa shape index (κ1) is 26.5. The Hall–Kier alpha value is -1.12. The number of cyclic esters (lactones) is 1. The Kier molecular flexibility index (Phi) is 6.21. The van der Waals surface area contributed by atoms with Gasteiger partial charge in [-0.25, -0.2) is 0 Å². The van der Waals surface area contributed by atoms with Crippen molar-refractivity contribution in [3.63, 3.8) is 0 Å². The van der Waals surface area contributed by atoms with Crippen LogP contribution in [0.3, 0.4) is 0 Å². The molecule has 3 nitrogen and oxygen atoms in total. The molecule has 3 heteroatoms. The summed E-state index contributed by atoms with van der Waals surface area (Å²) in [4.78, 5) is 26.5. The molecule has 1 heterocycles. The molecule has 0 radical (unpaired) electrons. The van der Waals surface area contributed by atoms with E-state index in [0.29, 0.717) is 35.4 Å². The lowest BCUT2D eigenvalue weighted by Gasteiger charge is -2.62. The van der Waals surface area contributed by atoms with Crippen molar-refractivity contribution in [1.82, 2.24) is 0 Å². The fraction of sp³-hybridized carbons (Fsp3) is 0.879. The van der Waals surface area contributed by atoms with Gasteiger partial charge in [0.15, 0.2) is 5.78 Å². The Morgan fingerprint density at radius 2 is 1.67 bits per heavy atom. The topological polar surface area (TPSA) is 43.4 Å². The summed E-state index contributed by atoms with van der Waals surface area (Å²) >= 11 is 0. The minimum absolute atomic E-state index is 0.000920. The average Bonchev–Trinajstić information content (AvgIpc) is 3.09. The van der Waals surface area contributed by atoms with Crippen molar-refractivity contribution >= 4 is 11.8 Å². The molecule has 0 aromatic heterocycles. The third-order valence-electron chi connectivity index (χ3n) is 13.6. The zero-order valence-corrected chi connectivity index (χ0v) is 24.6. The van der Waals surface area contributed by atoms with Crippen molar-refractivity contribution in [2.75, 3.05) is 0 Å². The van der Waals surface area contributed by atoms with E-state index >= 15 is 0 Å². The summed E-state index contributed by atoms with van der Waals surface area (Å²) in [5.41, 5.74) is 1.68. The van der Waals surface area contributed by atoms with Crippen molar-refractivity contribution in [2.24, 2.45) is 63.1 Å². The molecule has 11 atom stereocenters. The van der Waals surface area contributed by atoms with Crippen LogP contribution in [-0.2, 0) is 14.3 Å². The number of esters is 1. The van der Waals surface area contributed by atoms with Crippen molar-refractivity contribution in [3.8, 4) is 0 Å². The van der Waals surface area contributed by atoms with Crippen LogP contribution in [0.1, 0.15) is 114 Å². The molecular weight excluding hydrogens is 444 g/mol. The molecule has 4 aliphatic carbocycles. The number of allylic oxidation sites excluding steroid dienone is 2. The Morgan fingerprint density at radius 1 is 0.972 bits per heavy atom. The molecule has 36 heavy (non-hydrogen) atoms. The van der Waals surface area contributed by atoms with Gasteiger partial charge in [0.05, 0.1) is 5.92 Å². The van der Waals surface area contributed by atoms with Gasteiger partial charge in [-0.3, -0.25) is 9.59 Å². The molecular formula is C33H52O3. The fourth-order valence-corrected chi connectivity index (χ4v) is 10.6. The first-order chi connectivity index (χ1) is 16.7. The maximum absolute atomic E-state index is 13.7. The van der Waals surface area contributed by atoms with Crippen molar-refractivity contribution in [3.05, 3.63) is 11.6 Å². The summed E-state index contributed by atoms with van der Waals surface area (Å²) in [7, 11) is 0. The third kappa shape index (κ3) is 3.42. The number of carbonyl (C=O) groups is 2. The van der Waals surface area contributed by atoms with Crippen molar-refractivity contribution in [1.29, 1.82) is 0 Å². The molecule has 1 aliphatic heterocycles. The Labute approximate surface area is 220 Å². The quantitative estimate of drug-likeness (QED) is 0.372. The summed E-state index contributed by atoms with van der Waals surface area (Å²) in [6.07, 6.45) is 11.1. The predicted octanol–water partition coefficient (Wildman–Crippen LogP) is 8.02. The van der Waals surface area contributed by atoms with Gasteiger partial charge in [0, 0.05) is 11.3 Å². The molecule has 0 bridgehead atoms. The molecule has 0 amide bonds. The van der Waals surface area contributed by atoms with E-state index in [9.17, 15) is 9.59 Å². The number of hydrogen-bond donors (Lipinski definition) is 0. The monoisotopic (exact) mass is 496 g/mol. The Balaban J connectivity index is 1.49. The molecule has 5 rings (SSSR count). The van der Waals surface area contributed by atoms with Gasteiger partial charge >= 0.3 is 5.97 Å². The molecule has 1 saturated heterocycles. The second-order valence-electron chi connectivity index (χ2n) is 15.3. The number of ether oxygens (including phenoxy) is 1. The molecule has 0 aromatic carbocycles. The molecule has 5 aliphatic rings. The van der Waals surface area contributed by atoms with Gasteiger partial charge in [-0.1, -0.05) is 74.3 Å². The number of rotatable bonds is 3. The van der Waals surface area contributed by atoms with Crippen LogP contribution in [0.2, 0.25) is 0 Å². The van der Waals surface area contributed by atoms with E-state index < -0.39 is 0 Å². The van der Waals surface area contributed by atoms with E-state index in [1.807, 2.05) is 6.92 Å². The Bertz CT molecular complexity index is 962. The largest absolute Gasteiger partial charge is 0.462 e. The van der Waals surface area contributed by atoms with Gasteiger partial charge in [-0.15, -0.1) is 0 Å². The zero-order chi connectivity index (χ0) is 26.4. The van der Waals surface area contributed by atoms with Gasteiger partial charge < -0.3 is 4.74 Å². The maximum atomic E-state index is 13.7. The molecule has 0 N–H and O–H groups in total. The summed E-state index contributed by atoms with van der Waals surface area (Å²) in [5, 5.41) is 0. The lowest BCUT2D eigenvalue weighted by atomic mass is 9.41. The lowest BCUT2D eigenvalue weighted by molar-refractivity contribution is -0.181. The summed E-state index contributed by atoms with van der Waals surface area (Å²) < 4.78 is 6.19. The van der Waals surface area contributed by atoms with Gasteiger partial charge in [-0.05, 0) is 96.9 Å². The zero-order valence-electron chi connectivity index (χ0n) is 24.6. The standard InChI is InChI=1S/C33H52O3/c1-10-22-16-28(36-29(35)21(22)4)30(5,6)27-12-14-32(8)24-17-26(34)25-15-19(2)20(3)18-31(25,7)23(24)11-13-33(27,32)9/h17,19-23,25,27-28H,10-16,18H2,1-9H3/t19-,20+,21?,22?,23?,25+,27-,28-,31-,32+,33-/m1/s1. The van der Waals surface area contributed by atoms with Gasteiger partial charge in [0.1, 0.15) is 6.10 Å². The maximum Gasteiger partial charge on any atom is 0.309 e. The highest BCUT2D eigenvalue weighted by molar-refractivity contribution is 5.94. The van der Waals surface area contributed by atoms with Crippen molar-refractivity contribution in [2.45, 2.75) is 120 Å². The van der Waals surface area contributed by atoms with Gasteiger partial charge in [0.25, 0.3) is 0 Å². The number of fused-ring (bicyclic) bond motifs is 5. The molecule has 3 unspecified atom stereocenters. The number of hydrogen-bond acceptors (Lipinski definition) is 3. The van der Waals surface area contributed by atoms with Crippen LogP contribution in [-0.4, -0.2) is 17.9 Å². The lowest BCUT2D eigenvalue weighted by Crippen LogP contribution is -2.57. The van der Waals surface area contributed by atoms with E-state index in [1.54, 1.807) is 0 Å². The van der Waals surface area contributed by atoms with E-state index in [4.69, 9.17) is 4.74 Å². The van der Waals surface area contributed by atoms with Crippen LogP contribution in [0, 0.1) is 63.1 Å². The molecule has 202 valence electrons. The third-order valence-corrected chi connectivity index (χ3v) is 13.6. The van der Waals surface area contributed by atoms with Crippen LogP contribution in [0.5, 0.6) is 0 Å². The van der Waals surface area contributed by atoms with Gasteiger partial charge in [-0.2, -0.15) is 0 Å². The summed E-state index contributed by atoms with van der Waals surface area (Å²) in [5.74, 6) is 3.37. The second kappa shape index (κ2) is 8.44. The van der Waals surface area contributed by atoms with Crippen LogP contribution in [0.15, 0.2) is 11.6 Å². The summed E-state index contributed by atoms with van der Waals surface area (Å²) in [6, 6.07) is 0.